The molecule has 226 valence electrons. The van der Waals surface area contributed by atoms with Crippen LogP contribution in [0.5, 0.6) is 23.0 Å². The highest BCUT2D eigenvalue weighted by atomic mass is 16.7. The highest BCUT2D eigenvalue weighted by Crippen LogP contribution is 2.64. The van der Waals surface area contributed by atoms with Crippen molar-refractivity contribution in [1.82, 2.24) is 0 Å². The van der Waals surface area contributed by atoms with Crippen LogP contribution >= 0.6 is 0 Å². The Balaban J connectivity index is 1.48. The second kappa shape index (κ2) is 10.3. The second-order valence-electron chi connectivity index (χ2n) is 10.7. The van der Waals surface area contributed by atoms with Gasteiger partial charge >= 0.3 is 23.9 Å². The molecule has 1 heterocycles. The van der Waals surface area contributed by atoms with Crippen molar-refractivity contribution in [2.24, 2.45) is 17.8 Å². The van der Waals surface area contributed by atoms with Crippen molar-refractivity contribution in [2.45, 2.75) is 36.3 Å². The third-order valence-electron chi connectivity index (χ3n) is 8.22. The van der Waals surface area contributed by atoms with Gasteiger partial charge < -0.3 is 50.3 Å². The van der Waals surface area contributed by atoms with Gasteiger partial charge in [-0.3, -0.25) is 9.59 Å². The monoisotopic (exact) mass is 598 g/mol. The zero-order valence-electron chi connectivity index (χ0n) is 22.0. The summed E-state index contributed by atoms with van der Waals surface area (Å²) in [4.78, 5) is 49.4. The van der Waals surface area contributed by atoms with E-state index in [0.717, 1.165) is 36.4 Å². The van der Waals surface area contributed by atoms with Crippen molar-refractivity contribution >= 4 is 23.9 Å². The fourth-order valence-electron chi connectivity index (χ4n) is 6.34. The Morgan fingerprint density at radius 3 is 2.23 bits per heavy atom. The quantitative estimate of drug-likeness (QED) is 0.118. The molecule has 0 aromatic heterocycles. The first-order valence-corrected chi connectivity index (χ1v) is 12.9. The van der Waals surface area contributed by atoms with Crippen LogP contribution < -0.4 is 0 Å². The van der Waals surface area contributed by atoms with Gasteiger partial charge in [-0.05, 0) is 41.0 Å². The molecule has 2 bridgehead atoms. The van der Waals surface area contributed by atoms with Gasteiger partial charge in [0.25, 0.3) is 0 Å². The standard InChI is InChI=1S/C29H26O14/c30-16-4-1-12(7-18(16)32)8-20(26(36)37)42-21(34)6-3-14-9-15-23(13-2-5-17(31)19(33)10-13)24(27(38)39)25(14)29(41)28(15,40)11-22(35)43-29/h1-7,9-10,15,20,23-25,30-33,40-41H,8,11H2,(H,36,37)(H,38,39). The van der Waals surface area contributed by atoms with Gasteiger partial charge in [-0.25, -0.2) is 9.59 Å². The molecule has 3 aliphatic carbocycles. The minimum absolute atomic E-state index is 0.0224. The van der Waals surface area contributed by atoms with Gasteiger partial charge in [-0.15, -0.1) is 0 Å². The predicted octanol–water partition coefficient (Wildman–Crippen LogP) is 0.641. The average Bonchev–Trinajstić information content (AvgIpc) is 3.19. The molecular formula is C29H26O14. The van der Waals surface area contributed by atoms with Crippen LogP contribution in [0.2, 0.25) is 0 Å². The van der Waals surface area contributed by atoms with Crippen molar-refractivity contribution in [3.8, 4) is 23.0 Å². The van der Waals surface area contributed by atoms with E-state index < -0.39 is 94.5 Å². The molecule has 14 nitrogen and oxygen atoms in total. The third-order valence-corrected chi connectivity index (χ3v) is 8.22. The number of benzene rings is 2. The number of aromatic hydroxyl groups is 4. The summed E-state index contributed by atoms with van der Waals surface area (Å²) < 4.78 is 10.2. The van der Waals surface area contributed by atoms with Gasteiger partial charge in [0.1, 0.15) is 5.60 Å². The number of phenols is 4. The van der Waals surface area contributed by atoms with Gasteiger partial charge in [0.15, 0.2) is 23.0 Å². The Labute approximate surface area is 242 Å². The summed E-state index contributed by atoms with van der Waals surface area (Å²) in [6, 6.07) is 7.10. The summed E-state index contributed by atoms with van der Waals surface area (Å²) in [6.07, 6.45) is 0.445. The molecule has 0 radical (unpaired) electrons. The number of allylic oxidation sites excluding steroid dienone is 1. The van der Waals surface area contributed by atoms with Crippen LogP contribution in [0.1, 0.15) is 23.5 Å². The third kappa shape index (κ3) is 4.79. The molecule has 8 N–H and O–H groups in total. The molecule has 1 aliphatic heterocycles. The maximum Gasteiger partial charge on any atom is 0.345 e. The average molecular weight is 599 g/mol. The lowest BCUT2D eigenvalue weighted by Crippen LogP contribution is -2.70. The van der Waals surface area contributed by atoms with E-state index in [4.69, 9.17) is 9.47 Å². The van der Waals surface area contributed by atoms with Crippen molar-refractivity contribution in [2.75, 3.05) is 0 Å². The first-order valence-electron chi connectivity index (χ1n) is 12.9. The zero-order chi connectivity index (χ0) is 31.4. The second-order valence-corrected chi connectivity index (χ2v) is 10.7. The lowest BCUT2D eigenvalue weighted by molar-refractivity contribution is -0.313. The fraction of sp³-hybridized carbons (Fsp3) is 0.310. The highest BCUT2D eigenvalue weighted by molar-refractivity contribution is 5.86. The number of carbonyl (C=O) groups is 4. The summed E-state index contributed by atoms with van der Waals surface area (Å²) in [6.45, 7) is 0. The van der Waals surface area contributed by atoms with Gasteiger partial charge in [-0.2, -0.15) is 0 Å². The summed E-state index contributed by atoms with van der Waals surface area (Å²) in [5, 5.41) is 81.8. The predicted molar refractivity (Wildman–Crippen MR) is 139 cm³/mol. The Morgan fingerprint density at radius 2 is 1.63 bits per heavy atom. The summed E-state index contributed by atoms with van der Waals surface area (Å²) in [5.41, 5.74) is -1.91. The molecule has 2 aromatic carbocycles. The Bertz CT molecular complexity index is 1590. The number of fused-ring (bicyclic) bond motifs is 1. The van der Waals surface area contributed by atoms with E-state index in [1.165, 1.54) is 18.2 Å². The van der Waals surface area contributed by atoms with E-state index in [9.17, 15) is 60.0 Å². The van der Waals surface area contributed by atoms with Crippen molar-refractivity contribution in [3.05, 3.63) is 71.3 Å². The van der Waals surface area contributed by atoms with Crippen molar-refractivity contribution in [3.63, 3.8) is 0 Å². The molecular weight excluding hydrogens is 572 g/mol. The number of esters is 2. The molecule has 43 heavy (non-hydrogen) atoms. The number of aliphatic hydroxyl groups is 2. The number of aliphatic carboxylic acids is 2. The lowest BCUT2D eigenvalue weighted by atomic mass is 9.49. The number of carboxylic acid groups (broad SMARTS) is 2. The molecule has 7 unspecified atom stereocenters. The van der Waals surface area contributed by atoms with Gasteiger partial charge in [0.2, 0.25) is 11.9 Å². The van der Waals surface area contributed by atoms with Crippen LogP contribution in [-0.4, -0.2) is 82.2 Å². The molecule has 6 rings (SSSR count). The van der Waals surface area contributed by atoms with Crippen molar-refractivity contribution < 1.29 is 69.5 Å². The minimum Gasteiger partial charge on any atom is -0.504 e. The van der Waals surface area contributed by atoms with Crippen LogP contribution in [0.15, 0.2) is 60.2 Å². The molecule has 1 saturated carbocycles. The van der Waals surface area contributed by atoms with E-state index in [1.54, 1.807) is 0 Å². The van der Waals surface area contributed by atoms with Gasteiger partial charge in [-0.1, -0.05) is 24.3 Å². The van der Waals surface area contributed by atoms with Crippen LogP contribution in [0.25, 0.3) is 0 Å². The minimum atomic E-state index is -2.71. The molecule has 7 atom stereocenters. The first-order chi connectivity index (χ1) is 20.2. The highest BCUT2D eigenvalue weighted by Gasteiger charge is 2.76. The van der Waals surface area contributed by atoms with Crippen molar-refractivity contribution in [1.29, 1.82) is 0 Å². The summed E-state index contributed by atoms with van der Waals surface area (Å²) >= 11 is 0. The number of carboxylic acids is 2. The van der Waals surface area contributed by atoms with E-state index >= 15 is 0 Å². The Hall–Kier alpha value is -5.08. The van der Waals surface area contributed by atoms with Gasteiger partial charge in [0.05, 0.1) is 18.3 Å². The number of carbonyl (C=O) groups excluding carboxylic acids is 2. The lowest BCUT2D eigenvalue weighted by Gasteiger charge is -2.58. The largest absolute Gasteiger partial charge is 0.504 e. The maximum atomic E-state index is 12.7. The maximum absolute atomic E-state index is 12.7. The number of rotatable bonds is 8. The Morgan fingerprint density at radius 1 is 0.977 bits per heavy atom. The molecule has 0 spiro atoms. The molecule has 1 saturated heterocycles. The number of hydrogen-bond acceptors (Lipinski definition) is 12. The topological polar surface area (TPSA) is 249 Å². The van der Waals surface area contributed by atoms with Crippen LogP contribution in [-0.2, 0) is 35.1 Å². The molecule has 14 heteroatoms. The number of hydrogen-bond donors (Lipinski definition) is 8. The smallest absolute Gasteiger partial charge is 0.345 e. The summed E-state index contributed by atoms with van der Waals surface area (Å²) in [5.74, 6) is -15.5. The van der Waals surface area contributed by atoms with E-state index in [-0.39, 0.29) is 23.1 Å². The molecule has 0 amide bonds. The molecule has 4 aliphatic rings. The zero-order valence-corrected chi connectivity index (χ0v) is 22.0. The number of ether oxygens (including phenoxy) is 2. The molecule has 2 fully saturated rings. The van der Waals surface area contributed by atoms with Crippen LogP contribution in [0, 0.1) is 17.8 Å². The van der Waals surface area contributed by atoms with Crippen LogP contribution in [0.3, 0.4) is 0 Å². The Kier molecular flexibility index (Phi) is 7.06. The van der Waals surface area contributed by atoms with Gasteiger partial charge in [0, 0.05) is 24.3 Å². The van der Waals surface area contributed by atoms with E-state index in [0.29, 0.717) is 0 Å². The van der Waals surface area contributed by atoms with E-state index in [1.807, 2.05) is 0 Å². The van der Waals surface area contributed by atoms with Crippen LogP contribution in [0.4, 0.5) is 0 Å². The normalized spacial score (nSPS) is 29.9. The van der Waals surface area contributed by atoms with E-state index in [2.05, 4.69) is 0 Å². The molecule has 2 aromatic rings. The SMILES string of the molecule is O=C(C=CC1=CC2C(c3ccc(O)c(O)c3)C(C(=O)O)C1C1(O)OC(=O)CC21O)OC(Cc1ccc(O)c(O)c1)C(=O)O. The number of phenolic OH excluding ortho intramolecular Hbond substituents is 4. The fourth-order valence-corrected chi connectivity index (χ4v) is 6.34. The summed E-state index contributed by atoms with van der Waals surface area (Å²) in [7, 11) is 0. The first kappa shape index (κ1) is 29.4.